The van der Waals surface area contributed by atoms with E-state index in [1.165, 1.54) is 30.2 Å². The van der Waals surface area contributed by atoms with E-state index in [1.54, 1.807) is 7.05 Å². The summed E-state index contributed by atoms with van der Waals surface area (Å²) in [5, 5.41) is 12.8. The third-order valence-electron chi connectivity index (χ3n) is 3.38. The van der Waals surface area contributed by atoms with Gasteiger partial charge < -0.3 is 20.1 Å². The van der Waals surface area contributed by atoms with Crippen LogP contribution in [0.3, 0.4) is 0 Å². The normalized spacial score (nSPS) is 22.3. The second kappa shape index (κ2) is 5.54. The summed E-state index contributed by atoms with van der Waals surface area (Å²) in [4.78, 5) is 13.7. The Bertz CT molecular complexity index is 481. The molecule has 104 valence electrons. The number of halogens is 1. The molecule has 0 aromatic heterocycles. The highest BCUT2D eigenvalue weighted by Gasteiger charge is 2.33. The predicted octanol–water partition coefficient (Wildman–Crippen LogP) is 0.239. The van der Waals surface area contributed by atoms with Gasteiger partial charge in [-0.1, -0.05) is 6.07 Å². The molecule has 1 amide bonds. The zero-order chi connectivity index (χ0) is 14.0. The molecule has 1 aliphatic heterocycles. The molecular formula is C13H17FN2O3. The van der Waals surface area contributed by atoms with Crippen molar-refractivity contribution in [2.45, 2.75) is 12.1 Å². The number of amides is 1. The quantitative estimate of drug-likeness (QED) is 0.824. The number of methoxy groups -OCH3 is 1. The van der Waals surface area contributed by atoms with Crippen LogP contribution in [0.1, 0.15) is 10.4 Å². The summed E-state index contributed by atoms with van der Waals surface area (Å²) in [6, 6.07) is 3.87. The van der Waals surface area contributed by atoms with Crippen LogP contribution in [0.2, 0.25) is 0 Å². The van der Waals surface area contributed by atoms with Crippen LogP contribution < -0.4 is 10.1 Å². The first-order chi connectivity index (χ1) is 9.06. The molecule has 0 unspecified atom stereocenters. The van der Waals surface area contributed by atoms with Gasteiger partial charge >= 0.3 is 0 Å². The number of likely N-dealkylation sites (N-methyl/N-ethyl adjacent to an activating group) is 1. The Morgan fingerprint density at radius 1 is 1.53 bits per heavy atom. The number of carbonyl (C=O) groups is 1. The average Bonchev–Trinajstić information content (AvgIpc) is 2.83. The SMILES string of the molecule is COc1cccc(F)c1C(=O)N(C)[C@H]1CNC[C@@H]1O. The highest BCUT2D eigenvalue weighted by atomic mass is 19.1. The zero-order valence-corrected chi connectivity index (χ0v) is 10.9. The number of aliphatic hydroxyl groups excluding tert-OH is 1. The predicted molar refractivity (Wildman–Crippen MR) is 67.7 cm³/mol. The average molecular weight is 268 g/mol. The Kier molecular flexibility index (Phi) is 4.01. The van der Waals surface area contributed by atoms with Crippen molar-refractivity contribution < 1.29 is 19.0 Å². The van der Waals surface area contributed by atoms with E-state index < -0.39 is 17.8 Å². The lowest BCUT2D eigenvalue weighted by atomic mass is 10.1. The van der Waals surface area contributed by atoms with E-state index >= 15 is 0 Å². The molecule has 0 saturated carbocycles. The molecular weight excluding hydrogens is 251 g/mol. The van der Waals surface area contributed by atoms with Gasteiger partial charge in [0.05, 0.1) is 19.3 Å². The van der Waals surface area contributed by atoms with Gasteiger partial charge in [-0.15, -0.1) is 0 Å². The maximum atomic E-state index is 13.8. The molecule has 2 rings (SSSR count). The third-order valence-corrected chi connectivity index (χ3v) is 3.38. The van der Waals surface area contributed by atoms with E-state index in [0.29, 0.717) is 13.1 Å². The molecule has 19 heavy (non-hydrogen) atoms. The molecule has 2 N–H and O–H groups in total. The van der Waals surface area contributed by atoms with Crippen molar-refractivity contribution in [2.75, 3.05) is 27.2 Å². The lowest BCUT2D eigenvalue weighted by Crippen LogP contribution is -2.44. The van der Waals surface area contributed by atoms with Crippen molar-refractivity contribution in [1.29, 1.82) is 0 Å². The summed E-state index contributed by atoms with van der Waals surface area (Å²) in [6.07, 6.45) is -0.647. The lowest BCUT2D eigenvalue weighted by molar-refractivity contribution is 0.0573. The molecule has 0 aliphatic carbocycles. The van der Waals surface area contributed by atoms with Gasteiger partial charge in [0, 0.05) is 20.1 Å². The number of hydrogen-bond donors (Lipinski definition) is 2. The van der Waals surface area contributed by atoms with Crippen LogP contribution in [-0.2, 0) is 0 Å². The fourth-order valence-electron chi connectivity index (χ4n) is 2.26. The molecule has 5 nitrogen and oxygen atoms in total. The third kappa shape index (κ3) is 2.54. The Hall–Kier alpha value is -1.66. The number of aliphatic hydroxyl groups is 1. The van der Waals surface area contributed by atoms with Crippen LogP contribution in [0.15, 0.2) is 18.2 Å². The van der Waals surface area contributed by atoms with Crippen LogP contribution in [-0.4, -0.2) is 55.3 Å². The topological polar surface area (TPSA) is 61.8 Å². The minimum Gasteiger partial charge on any atom is -0.496 e. The summed E-state index contributed by atoms with van der Waals surface area (Å²) in [5.74, 6) is -0.934. The van der Waals surface area contributed by atoms with Crippen molar-refractivity contribution in [1.82, 2.24) is 10.2 Å². The Morgan fingerprint density at radius 3 is 2.84 bits per heavy atom. The van der Waals surface area contributed by atoms with Crippen molar-refractivity contribution >= 4 is 5.91 Å². The fraction of sp³-hybridized carbons (Fsp3) is 0.462. The Morgan fingerprint density at radius 2 is 2.26 bits per heavy atom. The number of ether oxygens (including phenoxy) is 1. The van der Waals surface area contributed by atoms with Crippen molar-refractivity contribution in [3.8, 4) is 5.75 Å². The summed E-state index contributed by atoms with van der Waals surface area (Å²) >= 11 is 0. The number of hydrogen-bond acceptors (Lipinski definition) is 4. The van der Waals surface area contributed by atoms with E-state index in [4.69, 9.17) is 4.74 Å². The monoisotopic (exact) mass is 268 g/mol. The number of rotatable bonds is 3. The van der Waals surface area contributed by atoms with Crippen molar-refractivity contribution in [2.24, 2.45) is 0 Å². The largest absolute Gasteiger partial charge is 0.496 e. The molecule has 2 atom stereocenters. The zero-order valence-electron chi connectivity index (χ0n) is 10.9. The molecule has 1 aliphatic rings. The van der Waals surface area contributed by atoms with Gasteiger partial charge in [0.25, 0.3) is 5.91 Å². The van der Waals surface area contributed by atoms with Crippen LogP contribution in [0, 0.1) is 5.82 Å². The Labute approximate surface area is 111 Å². The van der Waals surface area contributed by atoms with Crippen LogP contribution in [0.4, 0.5) is 4.39 Å². The summed E-state index contributed by atoms with van der Waals surface area (Å²) in [7, 11) is 2.94. The maximum Gasteiger partial charge on any atom is 0.260 e. The van der Waals surface area contributed by atoms with E-state index in [2.05, 4.69) is 5.32 Å². The van der Waals surface area contributed by atoms with Crippen molar-refractivity contribution in [3.63, 3.8) is 0 Å². The number of nitrogens with zero attached hydrogens (tertiary/aromatic N) is 1. The van der Waals surface area contributed by atoms with Crippen molar-refractivity contribution in [3.05, 3.63) is 29.6 Å². The van der Waals surface area contributed by atoms with Crippen LogP contribution >= 0.6 is 0 Å². The second-order valence-corrected chi connectivity index (χ2v) is 4.53. The van der Waals surface area contributed by atoms with E-state index in [0.717, 1.165) is 0 Å². The number of carbonyl (C=O) groups excluding carboxylic acids is 1. The molecule has 1 fully saturated rings. The van der Waals surface area contributed by atoms with Gasteiger partial charge in [-0.05, 0) is 12.1 Å². The van der Waals surface area contributed by atoms with Crippen LogP contribution in [0.25, 0.3) is 0 Å². The smallest absolute Gasteiger partial charge is 0.260 e. The van der Waals surface area contributed by atoms with Gasteiger partial charge in [0.1, 0.15) is 17.1 Å². The highest BCUT2D eigenvalue weighted by molar-refractivity contribution is 5.97. The number of nitrogens with one attached hydrogen (secondary N) is 1. The van der Waals surface area contributed by atoms with E-state index in [1.807, 2.05) is 0 Å². The first kappa shape index (κ1) is 13.8. The molecule has 0 spiro atoms. The van der Waals surface area contributed by atoms with E-state index in [-0.39, 0.29) is 17.4 Å². The highest BCUT2D eigenvalue weighted by Crippen LogP contribution is 2.24. The molecule has 1 saturated heterocycles. The first-order valence-electron chi connectivity index (χ1n) is 6.04. The van der Waals surface area contributed by atoms with Gasteiger partial charge in [-0.2, -0.15) is 0 Å². The fourth-order valence-corrected chi connectivity index (χ4v) is 2.26. The number of β-amino-alcohol motifs (C(OH)–C–C–N with tert-alkyl or cyclic N) is 1. The van der Waals surface area contributed by atoms with Gasteiger partial charge in [-0.3, -0.25) is 4.79 Å². The molecule has 0 bridgehead atoms. The molecule has 6 heteroatoms. The Balaban J connectivity index is 2.29. The standard InChI is InChI=1S/C13H17FN2O3/c1-16(9-6-15-7-10(9)17)13(18)12-8(14)4-3-5-11(12)19-2/h3-5,9-10,15,17H,6-7H2,1-2H3/t9-,10-/m0/s1. The minimum absolute atomic E-state index is 0.105. The second-order valence-electron chi connectivity index (χ2n) is 4.53. The first-order valence-corrected chi connectivity index (χ1v) is 6.04. The van der Waals surface area contributed by atoms with Crippen LogP contribution in [0.5, 0.6) is 5.75 Å². The van der Waals surface area contributed by atoms with Gasteiger partial charge in [0.15, 0.2) is 0 Å². The number of benzene rings is 1. The lowest BCUT2D eigenvalue weighted by Gasteiger charge is -2.27. The molecule has 1 aromatic carbocycles. The maximum absolute atomic E-state index is 13.8. The van der Waals surface area contributed by atoms with Gasteiger partial charge in [-0.25, -0.2) is 4.39 Å². The minimum atomic E-state index is -0.647. The molecule has 0 radical (unpaired) electrons. The summed E-state index contributed by atoms with van der Waals surface area (Å²) in [6.45, 7) is 0.914. The van der Waals surface area contributed by atoms with Gasteiger partial charge in [0.2, 0.25) is 0 Å². The molecule has 1 heterocycles. The summed E-state index contributed by atoms with van der Waals surface area (Å²) < 4.78 is 18.8. The molecule has 1 aromatic rings. The summed E-state index contributed by atoms with van der Waals surface area (Å²) in [5.41, 5.74) is -0.105. The van der Waals surface area contributed by atoms with E-state index in [9.17, 15) is 14.3 Å².